The van der Waals surface area contributed by atoms with Gasteiger partial charge >= 0.3 is 0 Å². The van der Waals surface area contributed by atoms with E-state index in [0.717, 1.165) is 40.6 Å². The summed E-state index contributed by atoms with van der Waals surface area (Å²) in [6.07, 6.45) is 5.07. The largest absolute Gasteiger partial charge is 0.489 e. The first kappa shape index (κ1) is 20.7. The Kier molecular flexibility index (Phi) is 6.06. The van der Waals surface area contributed by atoms with Crippen LogP contribution < -0.4 is 4.74 Å². The molecule has 6 nitrogen and oxygen atoms in total. The second-order valence-corrected chi connectivity index (χ2v) is 7.81. The molecule has 0 aliphatic carbocycles. The highest BCUT2D eigenvalue weighted by atomic mass is 16.5. The molecule has 1 aromatic heterocycles. The van der Waals surface area contributed by atoms with Crippen LogP contribution in [0.5, 0.6) is 5.75 Å². The zero-order chi connectivity index (χ0) is 21.8. The number of hydrogen-bond donors (Lipinski definition) is 1. The average Bonchev–Trinajstić information content (AvgIpc) is 3.21. The summed E-state index contributed by atoms with van der Waals surface area (Å²) in [5.41, 5.74) is 4.29. The van der Waals surface area contributed by atoms with Crippen molar-refractivity contribution in [2.45, 2.75) is 18.9 Å². The molecule has 158 valence electrons. The third kappa shape index (κ3) is 4.62. The Labute approximate surface area is 181 Å². The first-order chi connectivity index (χ1) is 15.0. The molecule has 0 atom stereocenters. The predicted octanol–water partition coefficient (Wildman–Crippen LogP) is 4.37. The summed E-state index contributed by atoms with van der Waals surface area (Å²) >= 11 is 0. The molecule has 3 aromatic rings. The average molecular weight is 415 g/mol. The number of aromatic amines is 1. The van der Waals surface area contributed by atoms with Crippen LogP contribution in [-0.4, -0.2) is 49.2 Å². The molecule has 2 aromatic carbocycles. The van der Waals surface area contributed by atoms with E-state index in [4.69, 9.17) is 9.47 Å². The van der Waals surface area contributed by atoms with Gasteiger partial charge in [0.15, 0.2) is 0 Å². The normalized spacial score (nSPS) is 14.6. The lowest BCUT2D eigenvalue weighted by molar-refractivity contribution is -0.123. The molecule has 0 saturated carbocycles. The van der Waals surface area contributed by atoms with Gasteiger partial charge in [-0.1, -0.05) is 18.2 Å². The number of H-pyrrole nitrogens is 1. The van der Waals surface area contributed by atoms with Crippen LogP contribution in [0.25, 0.3) is 28.1 Å². The van der Waals surface area contributed by atoms with Gasteiger partial charge in [-0.15, -0.1) is 0 Å². The number of fused-ring (bicyclic) bond motifs is 1. The van der Waals surface area contributed by atoms with E-state index >= 15 is 0 Å². The molecule has 0 spiro atoms. The monoisotopic (exact) mass is 415 g/mol. The number of carbonyl (C=O) groups excluding carboxylic acids is 1. The first-order valence-electron chi connectivity index (χ1n) is 10.3. The summed E-state index contributed by atoms with van der Waals surface area (Å²) in [6, 6.07) is 16.0. The van der Waals surface area contributed by atoms with Crippen LogP contribution in [0.3, 0.4) is 0 Å². The van der Waals surface area contributed by atoms with Crippen LogP contribution in [0.2, 0.25) is 0 Å². The maximum Gasteiger partial charge on any atom is 0.246 e. The van der Waals surface area contributed by atoms with Crippen molar-refractivity contribution >= 4 is 22.9 Å². The van der Waals surface area contributed by atoms with Gasteiger partial charge in [-0.3, -0.25) is 4.79 Å². The highest BCUT2D eigenvalue weighted by Crippen LogP contribution is 2.33. The molecule has 1 saturated heterocycles. The minimum Gasteiger partial charge on any atom is -0.489 e. The molecule has 1 fully saturated rings. The summed E-state index contributed by atoms with van der Waals surface area (Å²) in [5, 5.41) is 10.7. The topological polar surface area (TPSA) is 78.3 Å². The number of carbonyl (C=O) groups is 1. The van der Waals surface area contributed by atoms with Crippen LogP contribution in [0, 0.1) is 11.3 Å². The number of nitrogens with zero attached hydrogens (tertiary/aromatic N) is 2. The smallest absolute Gasteiger partial charge is 0.246 e. The zero-order valence-corrected chi connectivity index (χ0v) is 17.7. The molecule has 2 heterocycles. The van der Waals surface area contributed by atoms with Crippen molar-refractivity contribution in [3.05, 3.63) is 59.8 Å². The van der Waals surface area contributed by atoms with Gasteiger partial charge in [0, 0.05) is 49.6 Å². The number of rotatable bonds is 5. The molecule has 0 unspecified atom stereocenters. The van der Waals surface area contributed by atoms with Crippen LogP contribution >= 0.6 is 0 Å². The molecule has 1 aliphatic heterocycles. The molecule has 4 rings (SSSR count). The van der Waals surface area contributed by atoms with E-state index in [-0.39, 0.29) is 12.0 Å². The maximum atomic E-state index is 11.8. The number of benzene rings is 2. The van der Waals surface area contributed by atoms with E-state index in [2.05, 4.69) is 11.1 Å². The highest BCUT2D eigenvalue weighted by Gasteiger charge is 2.18. The maximum absolute atomic E-state index is 11.8. The molecule has 0 bridgehead atoms. The summed E-state index contributed by atoms with van der Waals surface area (Å²) in [4.78, 5) is 16.7. The quantitative estimate of drug-likeness (QED) is 0.628. The minimum atomic E-state index is -0.0716. The fourth-order valence-electron chi connectivity index (χ4n) is 3.69. The summed E-state index contributed by atoms with van der Waals surface area (Å²) in [5.74, 6) is 0.544. The van der Waals surface area contributed by atoms with Crippen LogP contribution in [0.4, 0.5) is 0 Å². The SMILES string of the molecule is CN(C)C(=O)/C=C/c1cc2c(-c3ccc(OC4CCOCC4)c(C#N)c3)cccc2[nH]1. The fourth-order valence-corrected chi connectivity index (χ4v) is 3.69. The Bertz CT molecular complexity index is 1160. The molecular formula is C25H25N3O3. The van der Waals surface area contributed by atoms with Crippen LogP contribution in [0.15, 0.2) is 48.5 Å². The second-order valence-electron chi connectivity index (χ2n) is 7.81. The Morgan fingerprint density at radius 2 is 2.03 bits per heavy atom. The van der Waals surface area contributed by atoms with Gasteiger partial charge in [0.05, 0.1) is 18.8 Å². The predicted molar refractivity (Wildman–Crippen MR) is 121 cm³/mol. The number of nitriles is 1. The van der Waals surface area contributed by atoms with Crippen molar-refractivity contribution in [3.63, 3.8) is 0 Å². The Hall–Kier alpha value is -3.56. The lowest BCUT2D eigenvalue weighted by Crippen LogP contribution is -2.26. The van der Waals surface area contributed by atoms with Crippen molar-refractivity contribution in [2.24, 2.45) is 0 Å². The third-order valence-electron chi connectivity index (χ3n) is 5.40. The number of hydrogen-bond acceptors (Lipinski definition) is 4. The van der Waals surface area contributed by atoms with E-state index in [1.807, 2.05) is 42.5 Å². The van der Waals surface area contributed by atoms with Crippen molar-refractivity contribution < 1.29 is 14.3 Å². The van der Waals surface area contributed by atoms with Crippen LogP contribution in [0.1, 0.15) is 24.1 Å². The standard InChI is InChI=1S/C25H25N3O3/c1-28(2)25(29)9-7-19-15-22-21(4-3-5-23(22)27-19)17-6-8-24(18(14-17)16-26)31-20-10-12-30-13-11-20/h3-9,14-15,20,27H,10-13H2,1-2H3/b9-7+. The van der Waals surface area contributed by atoms with Gasteiger partial charge < -0.3 is 19.4 Å². The molecular weight excluding hydrogens is 390 g/mol. The Balaban J connectivity index is 1.65. The second kappa shape index (κ2) is 9.07. The molecule has 1 amide bonds. The van der Waals surface area contributed by atoms with Gasteiger partial charge in [-0.2, -0.15) is 5.26 Å². The van der Waals surface area contributed by atoms with E-state index in [0.29, 0.717) is 24.5 Å². The molecule has 31 heavy (non-hydrogen) atoms. The third-order valence-corrected chi connectivity index (χ3v) is 5.40. The Morgan fingerprint density at radius 1 is 1.23 bits per heavy atom. The molecule has 6 heteroatoms. The number of nitrogens with one attached hydrogen (secondary N) is 1. The van der Waals surface area contributed by atoms with E-state index in [1.54, 1.807) is 26.2 Å². The van der Waals surface area contributed by atoms with Crippen molar-refractivity contribution in [1.82, 2.24) is 9.88 Å². The molecule has 1 aliphatic rings. The van der Waals surface area contributed by atoms with E-state index in [1.165, 1.54) is 4.90 Å². The summed E-state index contributed by atoms with van der Waals surface area (Å²) in [7, 11) is 3.44. The highest BCUT2D eigenvalue weighted by molar-refractivity contribution is 5.98. The lowest BCUT2D eigenvalue weighted by atomic mass is 9.99. The molecule has 1 N–H and O–H groups in total. The van der Waals surface area contributed by atoms with Gasteiger partial charge in [0.2, 0.25) is 5.91 Å². The fraction of sp³-hybridized carbons (Fsp3) is 0.280. The molecule has 0 radical (unpaired) electrons. The van der Waals surface area contributed by atoms with Gasteiger partial charge in [-0.25, -0.2) is 0 Å². The van der Waals surface area contributed by atoms with Crippen molar-refractivity contribution in [1.29, 1.82) is 5.26 Å². The van der Waals surface area contributed by atoms with Crippen molar-refractivity contribution in [3.8, 4) is 22.9 Å². The lowest BCUT2D eigenvalue weighted by Gasteiger charge is -2.24. The van der Waals surface area contributed by atoms with Crippen LogP contribution in [-0.2, 0) is 9.53 Å². The number of ether oxygens (including phenoxy) is 2. The van der Waals surface area contributed by atoms with Crippen molar-refractivity contribution in [2.75, 3.05) is 27.3 Å². The van der Waals surface area contributed by atoms with Gasteiger partial charge in [0.1, 0.15) is 17.9 Å². The zero-order valence-electron chi connectivity index (χ0n) is 17.7. The van der Waals surface area contributed by atoms with E-state index in [9.17, 15) is 10.1 Å². The number of likely N-dealkylation sites (N-methyl/N-ethyl adjacent to an activating group) is 1. The van der Waals surface area contributed by atoms with Gasteiger partial charge in [-0.05, 0) is 41.5 Å². The first-order valence-corrected chi connectivity index (χ1v) is 10.3. The summed E-state index contributed by atoms with van der Waals surface area (Å²) in [6.45, 7) is 1.38. The minimum absolute atomic E-state index is 0.0716. The Morgan fingerprint density at radius 3 is 2.77 bits per heavy atom. The van der Waals surface area contributed by atoms with E-state index < -0.39 is 0 Å². The summed E-state index contributed by atoms with van der Waals surface area (Å²) < 4.78 is 11.5. The number of aromatic nitrogens is 1. The van der Waals surface area contributed by atoms with Gasteiger partial charge in [0.25, 0.3) is 0 Å². The number of amides is 1.